The fourth-order valence-electron chi connectivity index (χ4n) is 11.1. The molecule has 1 aliphatic heterocycles. The molecule has 6 nitrogen and oxygen atoms in total. The van der Waals surface area contributed by atoms with Crippen molar-refractivity contribution >= 4 is 23.9 Å². The summed E-state index contributed by atoms with van der Waals surface area (Å²) >= 11 is 6.16. The quantitative estimate of drug-likeness (QED) is 0.167. The Labute approximate surface area is 256 Å². The van der Waals surface area contributed by atoms with Crippen LogP contribution >= 0.6 is 11.6 Å². The van der Waals surface area contributed by atoms with Gasteiger partial charge in [-0.05, 0) is 86.8 Å². The predicted molar refractivity (Wildman–Crippen MR) is 164 cm³/mol. The Morgan fingerprint density at radius 3 is 2.74 bits per heavy atom. The van der Waals surface area contributed by atoms with Gasteiger partial charge in [0.1, 0.15) is 16.9 Å². The number of likely N-dealkylation sites (N-methyl/N-ethyl adjacent to an activating group) is 1. The maximum absolute atomic E-state index is 14.0. The summed E-state index contributed by atoms with van der Waals surface area (Å²) in [6.45, 7) is 10.2. The smallest absolute Gasteiger partial charge is 0.315 e. The SMILES string of the molecule is CCCCC1CC(C23C[C@@H]4[C@H](C)CC[C@H]4C4(C=O)CC2C=C(C(C)C)C34C(=O)O)OC1CN(C)Cc1cccc(Cl)n1. The summed E-state index contributed by atoms with van der Waals surface area (Å²) in [7, 11) is 2.10. The van der Waals surface area contributed by atoms with Gasteiger partial charge in [-0.2, -0.15) is 0 Å². The molecule has 1 aromatic heterocycles. The van der Waals surface area contributed by atoms with Gasteiger partial charge in [-0.3, -0.25) is 9.69 Å². The van der Waals surface area contributed by atoms with Gasteiger partial charge < -0.3 is 14.6 Å². The van der Waals surface area contributed by atoms with Crippen LogP contribution in [0.4, 0.5) is 0 Å². The molecule has 10 atom stereocenters. The number of carbonyl (C=O) groups excluding carboxylic acids is 1. The number of fused-ring (bicyclic) bond motifs is 2. The van der Waals surface area contributed by atoms with E-state index in [0.717, 1.165) is 69.0 Å². The molecule has 4 fully saturated rings. The lowest BCUT2D eigenvalue weighted by molar-refractivity contribution is -0.197. The van der Waals surface area contributed by atoms with Crippen molar-refractivity contribution in [2.45, 2.75) is 97.8 Å². The van der Waals surface area contributed by atoms with Crippen LogP contribution in [0.1, 0.15) is 84.8 Å². The Bertz CT molecular complexity index is 1250. The number of carboxylic acids is 1. The van der Waals surface area contributed by atoms with E-state index in [2.05, 4.69) is 50.7 Å². The number of allylic oxidation sites excluding steroid dienone is 1. The molecule has 0 spiro atoms. The van der Waals surface area contributed by atoms with Crippen LogP contribution in [0.5, 0.6) is 0 Å². The van der Waals surface area contributed by atoms with Crippen LogP contribution < -0.4 is 0 Å². The number of halogens is 1. The number of hydrogen-bond acceptors (Lipinski definition) is 5. The van der Waals surface area contributed by atoms with E-state index in [-0.39, 0.29) is 30.0 Å². The molecule has 2 heterocycles. The van der Waals surface area contributed by atoms with Gasteiger partial charge >= 0.3 is 5.97 Å². The fraction of sp³-hybridized carbons (Fsp3) is 0.743. The first-order valence-corrected chi connectivity index (χ1v) is 16.8. The number of carboxylic acid groups (broad SMARTS) is 1. The summed E-state index contributed by atoms with van der Waals surface area (Å²) in [6.07, 6.45) is 11.0. The Balaban J connectivity index is 1.39. The Hall–Kier alpha value is -1.76. The molecule has 4 aliphatic carbocycles. The maximum atomic E-state index is 14.0. The van der Waals surface area contributed by atoms with Crippen molar-refractivity contribution in [3.63, 3.8) is 0 Å². The predicted octanol–water partition coefficient (Wildman–Crippen LogP) is 7.06. The van der Waals surface area contributed by atoms with Crippen LogP contribution in [0.15, 0.2) is 29.8 Å². The van der Waals surface area contributed by atoms with Crippen molar-refractivity contribution in [2.24, 2.45) is 51.8 Å². The van der Waals surface area contributed by atoms with Gasteiger partial charge in [-0.15, -0.1) is 0 Å². The summed E-state index contributed by atoms with van der Waals surface area (Å²) in [4.78, 5) is 34.2. The first-order valence-electron chi connectivity index (χ1n) is 16.4. The standard InChI is InChI=1S/C35H49ClN2O4/c1-6-7-9-23-14-30(42-29(23)19-38(5)18-25-10-8-11-31(36)37-25)34-17-26-22(4)12-13-27(26)33(20-39)16-24(34)15-28(21(2)3)35(33,34)32(40)41/h8,10-11,15,20-24,26-27,29-30H,6-7,9,12-14,16-19H2,1-5H3,(H,40,41)/t22-,23?,24?,26-,27-,29?,30?,33?,34?,35?/m1/s1. The normalized spacial score (nSPS) is 41.9. The largest absolute Gasteiger partial charge is 0.481 e. The first kappa shape index (κ1) is 30.3. The van der Waals surface area contributed by atoms with E-state index < -0.39 is 22.2 Å². The van der Waals surface area contributed by atoms with Crippen molar-refractivity contribution in [1.29, 1.82) is 0 Å². The summed E-state index contributed by atoms with van der Waals surface area (Å²) in [5.41, 5.74) is -0.682. The van der Waals surface area contributed by atoms with Crippen LogP contribution in [0.25, 0.3) is 0 Å². The molecule has 0 radical (unpaired) electrons. The number of aliphatic carboxylic acids is 1. The third-order valence-corrected chi connectivity index (χ3v) is 12.8. The van der Waals surface area contributed by atoms with Crippen LogP contribution in [0.2, 0.25) is 5.15 Å². The van der Waals surface area contributed by atoms with Gasteiger partial charge in [0.25, 0.3) is 0 Å². The molecule has 0 aromatic carbocycles. The number of pyridine rings is 1. The Morgan fingerprint density at radius 1 is 1.29 bits per heavy atom. The van der Waals surface area contributed by atoms with E-state index in [1.807, 2.05) is 12.1 Å². The number of rotatable bonds is 11. The summed E-state index contributed by atoms with van der Waals surface area (Å²) in [5, 5.41) is 11.9. The van der Waals surface area contributed by atoms with Crippen molar-refractivity contribution in [3.8, 4) is 0 Å². The summed E-state index contributed by atoms with van der Waals surface area (Å²) in [6, 6.07) is 5.73. The lowest BCUT2D eigenvalue weighted by Crippen LogP contribution is -2.65. The van der Waals surface area contributed by atoms with Crippen LogP contribution in [0, 0.1) is 51.8 Å². The van der Waals surface area contributed by atoms with E-state index in [9.17, 15) is 14.7 Å². The van der Waals surface area contributed by atoms with Crippen molar-refractivity contribution in [1.82, 2.24) is 9.88 Å². The zero-order valence-corrected chi connectivity index (χ0v) is 26.8. The molecule has 6 rings (SSSR count). The molecule has 230 valence electrons. The summed E-state index contributed by atoms with van der Waals surface area (Å²) < 4.78 is 7.22. The van der Waals surface area contributed by atoms with Gasteiger partial charge in [-0.25, -0.2) is 4.98 Å². The van der Waals surface area contributed by atoms with Gasteiger partial charge in [0, 0.05) is 18.5 Å². The van der Waals surface area contributed by atoms with E-state index in [0.29, 0.717) is 35.9 Å². The van der Waals surface area contributed by atoms with E-state index in [1.165, 1.54) is 0 Å². The monoisotopic (exact) mass is 596 g/mol. The lowest BCUT2D eigenvalue weighted by atomic mass is 9.41. The summed E-state index contributed by atoms with van der Waals surface area (Å²) in [5.74, 6) is 0.741. The topological polar surface area (TPSA) is 79.7 Å². The van der Waals surface area contributed by atoms with E-state index in [1.54, 1.807) is 6.07 Å². The second-order valence-electron chi connectivity index (χ2n) is 14.8. The molecule has 4 bridgehead atoms. The first-order chi connectivity index (χ1) is 20.0. The third-order valence-electron chi connectivity index (χ3n) is 12.6. The molecule has 3 saturated carbocycles. The number of aldehydes is 1. The minimum atomic E-state index is -1.18. The zero-order valence-electron chi connectivity index (χ0n) is 26.0. The Kier molecular flexibility index (Phi) is 7.93. The number of hydrogen-bond donors (Lipinski definition) is 1. The van der Waals surface area contributed by atoms with Gasteiger partial charge in [0.15, 0.2) is 0 Å². The molecule has 7 heteroatoms. The van der Waals surface area contributed by atoms with Crippen LogP contribution in [0.3, 0.4) is 0 Å². The van der Waals surface area contributed by atoms with E-state index in [4.69, 9.17) is 16.3 Å². The minimum absolute atomic E-state index is 0.0119. The van der Waals surface area contributed by atoms with E-state index >= 15 is 0 Å². The molecule has 5 aliphatic rings. The number of carbonyl (C=O) groups is 2. The zero-order chi connectivity index (χ0) is 30.0. The van der Waals surface area contributed by atoms with Gasteiger partial charge in [-0.1, -0.05) is 76.3 Å². The molecule has 1 saturated heterocycles. The number of unbranched alkanes of at least 4 members (excludes halogenated alkanes) is 1. The molecule has 7 unspecified atom stereocenters. The molecule has 0 amide bonds. The second kappa shape index (κ2) is 11.0. The fourth-order valence-corrected chi connectivity index (χ4v) is 11.3. The highest BCUT2D eigenvalue weighted by molar-refractivity contribution is 6.29. The maximum Gasteiger partial charge on any atom is 0.315 e. The lowest BCUT2D eigenvalue weighted by Gasteiger charge is -2.60. The highest BCUT2D eigenvalue weighted by atomic mass is 35.5. The average molecular weight is 597 g/mol. The number of ether oxygens (including phenoxy) is 1. The molecular formula is C35H49ClN2O4. The van der Waals surface area contributed by atoms with Crippen molar-refractivity contribution in [3.05, 3.63) is 40.7 Å². The van der Waals surface area contributed by atoms with Crippen molar-refractivity contribution < 1.29 is 19.4 Å². The average Bonchev–Trinajstić information content (AvgIpc) is 3.64. The molecule has 1 aromatic rings. The van der Waals surface area contributed by atoms with Crippen LogP contribution in [-0.2, 0) is 20.9 Å². The minimum Gasteiger partial charge on any atom is -0.481 e. The second-order valence-corrected chi connectivity index (χ2v) is 15.2. The molecule has 42 heavy (non-hydrogen) atoms. The highest BCUT2D eigenvalue weighted by Gasteiger charge is 2.86. The highest BCUT2D eigenvalue weighted by Crippen LogP contribution is 2.84. The van der Waals surface area contributed by atoms with Gasteiger partial charge in [0.05, 0.1) is 23.3 Å². The number of nitrogens with zero attached hydrogens (tertiary/aromatic N) is 2. The Morgan fingerprint density at radius 2 is 2.07 bits per heavy atom. The third kappa shape index (κ3) is 4.06. The van der Waals surface area contributed by atoms with Gasteiger partial charge in [0.2, 0.25) is 0 Å². The molecule has 1 N–H and O–H groups in total. The molecular weight excluding hydrogens is 548 g/mol. The van der Waals surface area contributed by atoms with Crippen molar-refractivity contribution in [2.75, 3.05) is 13.6 Å². The number of aromatic nitrogens is 1. The van der Waals surface area contributed by atoms with Crippen LogP contribution in [-0.4, -0.2) is 53.0 Å².